The number of carbonyl (C=O) groups excluding carboxylic acids is 3. The number of hydrogen-bond acceptors (Lipinski definition) is 8. The van der Waals surface area contributed by atoms with Crippen LogP contribution in [0.1, 0.15) is 31.0 Å². The summed E-state index contributed by atoms with van der Waals surface area (Å²) < 4.78 is 0. The lowest BCUT2D eigenvalue weighted by Crippen LogP contribution is -2.59. The maximum Gasteiger partial charge on any atom is 0.326 e. The second-order valence-electron chi connectivity index (χ2n) is 9.21. The van der Waals surface area contributed by atoms with E-state index in [1.54, 1.807) is 30.3 Å². The van der Waals surface area contributed by atoms with E-state index in [2.05, 4.69) is 30.9 Å². The maximum atomic E-state index is 13.4. The summed E-state index contributed by atoms with van der Waals surface area (Å²) in [6.07, 6.45) is 2.02. The molecule has 218 valence electrons. The normalized spacial score (nSPS) is 14.6. The van der Waals surface area contributed by atoms with Crippen molar-refractivity contribution in [1.82, 2.24) is 25.9 Å². The number of rotatable bonds is 16. The highest BCUT2D eigenvalue weighted by atomic mass is 16.4. The number of imidazole rings is 1. The van der Waals surface area contributed by atoms with Crippen LogP contribution in [0.2, 0.25) is 0 Å². The predicted molar refractivity (Wildman–Crippen MR) is 145 cm³/mol. The van der Waals surface area contributed by atoms with Gasteiger partial charge in [-0.2, -0.15) is 0 Å². The fourth-order valence-corrected chi connectivity index (χ4v) is 3.68. The van der Waals surface area contributed by atoms with Crippen LogP contribution in [0.5, 0.6) is 0 Å². The van der Waals surface area contributed by atoms with Crippen molar-refractivity contribution in [3.63, 3.8) is 0 Å². The fourth-order valence-electron chi connectivity index (χ4n) is 3.68. The summed E-state index contributed by atoms with van der Waals surface area (Å²) >= 11 is 0. The third kappa shape index (κ3) is 10.7. The second kappa shape index (κ2) is 15.8. The van der Waals surface area contributed by atoms with Gasteiger partial charge in [-0.3, -0.25) is 19.4 Å². The zero-order chi connectivity index (χ0) is 29.7. The Morgan fingerprint density at radius 1 is 0.975 bits per heavy atom. The Morgan fingerprint density at radius 2 is 1.57 bits per heavy atom. The Morgan fingerprint density at radius 3 is 2.12 bits per heavy atom. The molecular weight excluding hydrogens is 522 g/mol. The van der Waals surface area contributed by atoms with Crippen LogP contribution >= 0.6 is 0 Å². The van der Waals surface area contributed by atoms with E-state index >= 15 is 0 Å². The number of nitrogens with one attached hydrogen (secondary N) is 4. The topological polar surface area (TPSA) is 264 Å². The summed E-state index contributed by atoms with van der Waals surface area (Å²) in [6, 6.07) is 3.90. The molecule has 2 rings (SSSR count). The zero-order valence-corrected chi connectivity index (χ0v) is 22.1. The molecule has 15 nitrogen and oxygen atoms in total. The summed E-state index contributed by atoms with van der Waals surface area (Å²) in [6.45, 7) is 1.52. The molecule has 40 heavy (non-hydrogen) atoms. The first-order valence-electron chi connectivity index (χ1n) is 12.6. The monoisotopic (exact) mass is 559 g/mol. The lowest BCUT2D eigenvalue weighted by Gasteiger charge is -2.25. The molecule has 12 N–H and O–H groups in total. The Balaban J connectivity index is 2.23. The SMILES string of the molecule is CC(O)C(N)C(=O)NC(Cc1ccccc1)C(=O)NC(Cc1cnc[nH]1)C(=O)NC(CCCN=C(N)N)C(=O)O. The number of nitrogens with two attached hydrogens (primary N) is 3. The Hall–Kier alpha value is -4.50. The van der Waals surface area contributed by atoms with Gasteiger partial charge in [-0.05, 0) is 25.3 Å². The molecule has 0 radical (unpaired) electrons. The number of H-pyrrole nitrogens is 1. The highest BCUT2D eigenvalue weighted by molar-refractivity contribution is 5.94. The van der Waals surface area contributed by atoms with E-state index in [9.17, 15) is 29.4 Å². The fraction of sp³-hybridized carbons (Fsp3) is 0.440. The molecule has 0 bridgehead atoms. The molecule has 1 heterocycles. The number of aromatic amines is 1. The number of carboxylic acids is 1. The van der Waals surface area contributed by atoms with Gasteiger partial charge in [-0.15, -0.1) is 0 Å². The van der Waals surface area contributed by atoms with Crippen LogP contribution in [0.3, 0.4) is 0 Å². The quantitative estimate of drug-likeness (QED) is 0.0592. The van der Waals surface area contributed by atoms with Gasteiger partial charge in [0, 0.05) is 31.3 Å². The van der Waals surface area contributed by atoms with Crippen molar-refractivity contribution >= 4 is 29.7 Å². The Kier molecular flexibility index (Phi) is 12.5. The number of benzene rings is 1. The molecule has 1 aromatic heterocycles. The average Bonchev–Trinajstić information content (AvgIpc) is 3.42. The van der Waals surface area contributed by atoms with E-state index in [1.807, 2.05) is 0 Å². The van der Waals surface area contributed by atoms with Gasteiger partial charge in [0.05, 0.1) is 12.4 Å². The number of aliphatic imine (C=N–C) groups is 1. The van der Waals surface area contributed by atoms with Crippen LogP contribution in [0.15, 0.2) is 47.8 Å². The Bertz CT molecular complexity index is 1140. The third-order valence-corrected chi connectivity index (χ3v) is 5.91. The maximum absolute atomic E-state index is 13.4. The number of aromatic nitrogens is 2. The van der Waals surface area contributed by atoms with E-state index in [4.69, 9.17) is 17.2 Å². The number of aliphatic hydroxyl groups is 1. The summed E-state index contributed by atoms with van der Waals surface area (Å²) in [5, 5.41) is 26.9. The number of amides is 3. The number of carbonyl (C=O) groups is 4. The van der Waals surface area contributed by atoms with Gasteiger partial charge >= 0.3 is 5.97 Å². The smallest absolute Gasteiger partial charge is 0.326 e. The molecule has 0 aliphatic carbocycles. The number of aliphatic carboxylic acids is 1. The van der Waals surface area contributed by atoms with Crippen molar-refractivity contribution in [3.05, 3.63) is 54.1 Å². The van der Waals surface area contributed by atoms with Gasteiger partial charge in [0.1, 0.15) is 24.2 Å². The minimum Gasteiger partial charge on any atom is -0.480 e. The van der Waals surface area contributed by atoms with Gasteiger partial charge in [0.25, 0.3) is 0 Å². The van der Waals surface area contributed by atoms with E-state index < -0.39 is 54.0 Å². The molecule has 5 unspecified atom stereocenters. The van der Waals surface area contributed by atoms with Crippen LogP contribution in [0.4, 0.5) is 0 Å². The lowest BCUT2D eigenvalue weighted by atomic mass is 10.0. The molecule has 0 fully saturated rings. The average molecular weight is 560 g/mol. The number of hydrogen-bond donors (Lipinski definition) is 9. The molecule has 3 amide bonds. The van der Waals surface area contributed by atoms with Crippen LogP contribution in [0, 0.1) is 0 Å². The van der Waals surface area contributed by atoms with Gasteiger partial charge in [0.2, 0.25) is 17.7 Å². The second-order valence-corrected chi connectivity index (χ2v) is 9.21. The van der Waals surface area contributed by atoms with Gasteiger partial charge in [-0.1, -0.05) is 30.3 Å². The molecule has 1 aromatic carbocycles. The lowest BCUT2D eigenvalue weighted by molar-refractivity contribution is -0.142. The molecule has 0 saturated heterocycles. The van der Waals surface area contributed by atoms with Crippen molar-refractivity contribution in [2.75, 3.05) is 6.54 Å². The summed E-state index contributed by atoms with van der Waals surface area (Å²) in [4.78, 5) is 61.6. The van der Waals surface area contributed by atoms with E-state index in [-0.39, 0.29) is 38.2 Å². The molecule has 0 spiro atoms. The van der Waals surface area contributed by atoms with Crippen LogP contribution in [-0.4, -0.2) is 86.6 Å². The predicted octanol–water partition coefficient (Wildman–Crippen LogP) is -2.50. The minimum absolute atomic E-state index is 0.0342. The summed E-state index contributed by atoms with van der Waals surface area (Å²) in [7, 11) is 0. The first-order chi connectivity index (χ1) is 19.0. The molecule has 0 aliphatic rings. The van der Waals surface area contributed by atoms with Crippen molar-refractivity contribution in [2.45, 2.75) is 62.9 Å². The van der Waals surface area contributed by atoms with Crippen LogP contribution < -0.4 is 33.2 Å². The number of aliphatic hydroxyl groups excluding tert-OH is 1. The highest BCUT2D eigenvalue weighted by Crippen LogP contribution is 2.07. The number of nitrogens with zero attached hydrogens (tertiary/aromatic N) is 2. The van der Waals surface area contributed by atoms with Crippen molar-refractivity contribution < 1.29 is 29.4 Å². The highest BCUT2D eigenvalue weighted by Gasteiger charge is 2.31. The van der Waals surface area contributed by atoms with Crippen molar-refractivity contribution in [3.8, 4) is 0 Å². The van der Waals surface area contributed by atoms with Gasteiger partial charge in [0.15, 0.2) is 5.96 Å². The molecule has 5 atom stereocenters. The van der Waals surface area contributed by atoms with Gasteiger partial charge in [-0.25, -0.2) is 9.78 Å². The molecular formula is C25H37N9O6. The first-order valence-corrected chi connectivity index (χ1v) is 12.6. The van der Waals surface area contributed by atoms with E-state index in [1.165, 1.54) is 19.4 Å². The molecule has 0 saturated carbocycles. The first kappa shape index (κ1) is 31.7. The van der Waals surface area contributed by atoms with Crippen molar-refractivity contribution in [2.24, 2.45) is 22.2 Å². The number of guanidine groups is 1. The van der Waals surface area contributed by atoms with Gasteiger partial charge < -0.3 is 48.3 Å². The summed E-state index contributed by atoms with van der Waals surface area (Å²) in [5.41, 5.74) is 17.5. The third-order valence-electron chi connectivity index (χ3n) is 5.91. The van der Waals surface area contributed by atoms with Crippen LogP contribution in [-0.2, 0) is 32.0 Å². The molecule has 2 aromatic rings. The minimum atomic E-state index is -1.29. The zero-order valence-electron chi connectivity index (χ0n) is 22.1. The largest absolute Gasteiger partial charge is 0.480 e. The molecule has 0 aliphatic heterocycles. The van der Waals surface area contributed by atoms with Crippen molar-refractivity contribution in [1.29, 1.82) is 0 Å². The van der Waals surface area contributed by atoms with E-state index in [0.29, 0.717) is 5.69 Å². The Labute approximate surface area is 231 Å². The van der Waals surface area contributed by atoms with Crippen LogP contribution in [0.25, 0.3) is 0 Å². The summed E-state index contributed by atoms with van der Waals surface area (Å²) in [5.74, 6) is -3.64. The molecule has 15 heteroatoms. The standard InChI is InChI=1S/C25H37N9O6/c1-14(35)20(26)23(38)34-18(10-15-6-3-2-4-7-15)21(36)33-19(11-16-12-29-13-31-16)22(37)32-17(24(39)40)8-5-9-30-25(27)28/h2-4,6-7,12-14,17-20,35H,5,8-11,26H2,1H3,(H,29,31)(H,32,37)(H,33,36)(H,34,38)(H,39,40)(H4,27,28,30). The number of carboxylic acid groups (broad SMARTS) is 1. The van der Waals surface area contributed by atoms with E-state index in [0.717, 1.165) is 5.56 Å².